The summed E-state index contributed by atoms with van der Waals surface area (Å²) in [6.07, 6.45) is 2.24. The van der Waals surface area contributed by atoms with E-state index in [0.29, 0.717) is 0 Å². The lowest BCUT2D eigenvalue weighted by Crippen LogP contribution is -2.29. The standard InChI is InChI=1S/C10H16N2S/c1-3-10-11-8-5-6-12(4-2)7-9(8)13-10/h3-7H2,1-2H3. The first-order chi connectivity index (χ1) is 6.33. The largest absolute Gasteiger partial charge is 0.298 e. The molecule has 0 spiro atoms. The van der Waals surface area contributed by atoms with E-state index < -0.39 is 0 Å². The Morgan fingerprint density at radius 2 is 2.31 bits per heavy atom. The van der Waals surface area contributed by atoms with Gasteiger partial charge in [-0.2, -0.15) is 0 Å². The van der Waals surface area contributed by atoms with Crippen LogP contribution in [0.25, 0.3) is 0 Å². The zero-order valence-corrected chi connectivity index (χ0v) is 9.15. The van der Waals surface area contributed by atoms with E-state index in [2.05, 4.69) is 23.7 Å². The highest BCUT2D eigenvalue weighted by molar-refractivity contribution is 7.11. The minimum absolute atomic E-state index is 1.09. The molecular formula is C10H16N2S. The lowest BCUT2D eigenvalue weighted by atomic mass is 10.2. The fourth-order valence-corrected chi connectivity index (χ4v) is 2.82. The molecule has 0 aromatic carbocycles. The van der Waals surface area contributed by atoms with Crippen molar-refractivity contribution in [2.45, 2.75) is 33.2 Å². The number of hydrogen-bond donors (Lipinski definition) is 0. The molecule has 0 amide bonds. The van der Waals surface area contributed by atoms with E-state index in [1.807, 2.05) is 11.3 Å². The van der Waals surface area contributed by atoms with Gasteiger partial charge in [0, 0.05) is 24.4 Å². The van der Waals surface area contributed by atoms with Gasteiger partial charge in [-0.1, -0.05) is 13.8 Å². The molecule has 0 fully saturated rings. The van der Waals surface area contributed by atoms with E-state index in [9.17, 15) is 0 Å². The van der Waals surface area contributed by atoms with Gasteiger partial charge in [-0.15, -0.1) is 11.3 Å². The van der Waals surface area contributed by atoms with Gasteiger partial charge in [0.1, 0.15) is 0 Å². The van der Waals surface area contributed by atoms with Crippen LogP contribution in [-0.2, 0) is 19.4 Å². The lowest BCUT2D eigenvalue weighted by Gasteiger charge is -2.23. The molecule has 1 aromatic heterocycles. The van der Waals surface area contributed by atoms with Gasteiger partial charge in [0.15, 0.2) is 0 Å². The quantitative estimate of drug-likeness (QED) is 0.720. The Labute approximate surface area is 83.6 Å². The topological polar surface area (TPSA) is 16.1 Å². The highest BCUT2D eigenvalue weighted by atomic mass is 32.1. The Hall–Kier alpha value is -0.410. The second-order valence-electron chi connectivity index (χ2n) is 3.45. The Kier molecular flexibility index (Phi) is 2.65. The predicted molar refractivity (Wildman–Crippen MR) is 56.1 cm³/mol. The summed E-state index contributed by atoms with van der Waals surface area (Å²) in [7, 11) is 0. The first-order valence-corrected chi connectivity index (χ1v) is 5.85. The summed E-state index contributed by atoms with van der Waals surface area (Å²) in [6, 6.07) is 0. The van der Waals surface area contributed by atoms with Crippen molar-refractivity contribution >= 4 is 11.3 Å². The molecule has 2 nitrogen and oxygen atoms in total. The highest BCUT2D eigenvalue weighted by Gasteiger charge is 2.18. The van der Waals surface area contributed by atoms with Crippen molar-refractivity contribution in [2.75, 3.05) is 13.1 Å². The Balaban J connectivity index is 2.19. The summed E-state index contributed by atoms with van der Waals surface area (Å²) in [6.45, 7) is 7.90. The second-order valence-corrected chi connectivity index (χ2v) is 4.62. The first kappa shape index (κ1) is 9.16. The minimum Gasteiger partial charge on any atom is -0.298 e. The summed E-state index contributed by atoms with van der Waals surface area (Å²) < 4.78 is 0. The van der Waals surface area contributed by atoms with Gasteiger partial charge in [0.05, 0.1) is 10.7 Å². The summed E-state index contributed by atoms with van der Waals surface area (Å²) in [4.78, 5) is 8.62. The van der Waals surface area contributed by atoms with Crippen molar-refractivity contribution < 1.29 is 0 Å². The molecule has 2 heterocycles. The van der Waals surface area contributed by atoms with Crippen molar-refractivity contribution in [1.82, 2.24) is 9.88 Å². The van der Waals surface area contributed by atoms with Crippen molar-refractivity contribution in [3.8, 4) is 0 Å². The maximum Gasteiger partial charge on any atom is 0.0928 e. The van der Waals surface area contributed by atoms with Gasteiger partial charge in [-0.05, 0) is 13.0 Å². The monoisotopic (exact) mass is 196 g/mol. The van der Waals surface area contributed by atoms with Crippen molar-refractivity contribution in [3.63, 3.8) is 0 Å². The van der Waals surface area contributed by atoms with Crippen LogP contribution in [0.1, 0.15) is 29.4 Å². The maximum atomic E-state index is 4.63. The molecule has 72 valence electrons. The van der Waals surface area contributed by atoms with E-state index in [4.69, 9.17) is 0 Å². The van der Waals surface area contributed by atoms with Gasteiger partial charge in [0.25, 0.3) is 0 Å². The van der Waals surface area contributed by atoms with Crippen molar-refractivity contribution in [3.05, 3.63) is 15.6 Å². The summed E-state index contributed by atoms with van der Waals surface area (Å²) in [5, 5.41) is 1.31. The normalized spacial score (nSPS) is 17.4. The fourth-order valence-electron chi connectivity index (χ4n) is 1.72. The van der Waals surface area contributed by atoms with Crippen LogP contribution in [0, 0.1) is 0 Å². The molecule has 1 aliphatic heterocycles. The summed E-state index contributed by atoms with van der Waals surface area (Å²) in [5.74, 6) is 0. The zero-order valence-electron chi connectivity index (χ0n) is 8.34. The summed E-state index contributed by atoms with van der Waals surface area (Å²) in [5.41, 5.74) is 1.37. The Morgan fingerprint density at radius 1 is 1.46 bits per heavy atom. The first-order valence-electron chi connectivity index (χ1n) is 5.03. The molecule has 0 saturated heterocycles. The number of thiazole rings is 1. The number of rotatable bonds is 2. The van der Waals surface area contributed by atoms with Gasteiger partial charge < -0.3 is 0 Å². The molecule has 2 rings (SSSR count). The van der Waals surface area contributed by atoms with E-state index in [1.165, 1.54) is 28.7 Å². The zero-order chi connectivity index (χ0) is 9.26. The molecule has 0 saturated carbocycles. The van der Waals surface area contributed by atoms with Crippen LogP contribution >= 0.6 is 11.3 Å². The van der Waals surface area contributed by atoms with Crippen molar-refractivity contribution in [1.29, 1.82) is 0 Å². The minimum atomic E-state index is 1.09. The number of fused-ring (bicyclic) bond motifs is 1. The smallest absolute Gasteiger partial charge is 0.0928 e. The van der Waals surface area contributed by atoms with Gasteiger partial charge in [-0.25, -0.2) is 4.98 Å². The highest BCUT2D eigenvalue weighted by Crippen LogP contribution is 2.24. The average molecular weight is 196 g/mol. The van der Waals surface area contributed by atoms with E-state index in [-0.39, 0.29) is 0 Å². The van der Waals surface area contributed by atoms with Crippen LogP contribution < -0.4 is 0 Å². The molecule has 0 N–H and O–H groups in total. The third kappa shape index (κ3) is 1.76. The third-order valence-corrected chi connectivity index (χ3v) is 3.83. The molecule has 1 aliphatic rings. The molecule has 0 radical (unpaired) electrons. The maximum absolute atomic E-state index is 4.63. The lowest BCUT2D eigenvalue weighted by molar-refractivity contribution is 0.269. The Morgan fingerprint density at radius 3 is 3.00 bits per heavy atom. The number of nitrogens with zero attached hydrogens (tertiary/aromatic N) is 2. The molecule has 0 unspecified atom stereocenters. The Bertz CT molecular complexity index is 293. The van der Waals surface area contributed by atoms with Crippen LogP contribution in [0.3, 0.4) is 0 Å². The molecule has 1 aromatic rings. The molecule has 13 heavy (non-hydrogen) atoms. The predicted octanol–water partition coefficient (Wildman–Crippen LogP) is 2.08. The van der Waals surface area contributed by atoms with Crippen LogP contribution in [0.2, 0.25) is 0 Å². The third-order valence-electron chi connectivity index (χ3n) is 2.60. The molecule has 0 bridgehead atoms. The average Bonchev–Trinajstić information content (AvgIpc) is 2.58. The van der Waals surface area contributed by atoms with Gasteiger partial charge in [-0.3, -0.25) is 4.90 Å². The molecule has 3 heteroatoms. The van der Waals surface area contributed by atoms with Crippen LogP contribution in [0.5, 0.6) is 0 Å². The number of aryl methyl sites for hydroxylation is 1. The number of aromatic nitrogens is 1. The second kappa shape index (κ2) is 3.76. The fraction of sp³-hybridized carbons (Fsp3) is 0.700. The van der Waals surface area contributed by atoms with Gasteiger partial charge in [0.2, 0.25) is 0 Å². The number of likely N-dealkylation sites (N-methyl/N-ethyl adjacent to an activating group) is 1. The number of hydrogen-bond acceptors (Lipinski definition) is 3. The molecular weight excluding hydrogens is 180 g/mol. The van der Waals surface area contributed by atoms with Crippen molar-refractivity contribution in [2.24, 2.45) is 0 Å². The van der Waals surface area contributed by atoms with E-state index >= 15 is 0 Å². The molecule has 0 aliphatic carbocycles. The van der Waals surface area contributed by atoms with Crippen LogP contribution in [0.15, 0.2) is 0 Å². The molecule has 0 atom stereocenters. The van der Waals surface area contributed by atoms with E-state index in [1.54, 1.807) is 0 Å². The SMILES string of the molecule is CCc1nc2c(s1)CN(CC)CC2. The van der Waals surface area contributed by atoms with E-state index in [0.717, 1.165) is 19.4 Å². The summed E-state index contributed by atoms with van der Waals surface area (Å²) >= 11 is 1.90. The van der Waals surface area contributed by atoms with Crippen LogP contribution in [-0.4, -0.2) is 23.0 Å². The van der Waals surface area contributed by atoms with Gasteiger partial charge >= 0.3 is 0 Å². The van der Waals surface area contributed by atoms with Crippen LogP contribution in [0.4, 0.5) is 0 Å².